The van der Waals surface area contributed by atoms with Crippen LogP contribution in [0.5, 0.6) is 0 Å². The van der Waals surface area contributed by atoms with E-state index in [0.717, 1.165) is 17.7 Å². The van der Waals surface area contributed by atoms with Gasteiger partial charge < -0.3 is 10.1 Å². The van der Waals surface area contributed by atoms with Crippen molar-refractivity contribution in [2.24, 2.45) is 11.8 Å². The third-order valence-electron chi connectivity index (χ3n) is 5.25. The number of nitrogens with one attached hydrogen (secondary N) is 1. The van der Waals surface area contributed by atoms with E-state index in [-0.39, 0.29) is 23.7 Å². The molecule has 1 saturated carbocycles. The summed E-state index contributed by atoms with van der Waals surface area (Å²) in [4.78, 5) is 50.3. The SMILES string of the molecule is C[C@@H](C(=O)OCC(=O)Nc1ccc(C#N)cc1)N1C(=O)[C@H]2CCCC[C@@H]2C1=O. The van der Waals surface area contributed by atoms with Gasteiger partial charge in [0.1, 0.15) is 6.04 Å². The molecule has 1 N–H and O–H groups in total. The fraction of sp³-hybridized carbons (Fsp3) is 0.450. The highest BCUT2D eigenvalue weighted by molar-refractivity contribution is 6.08. The minimum Gasteiger partial charge on any atom is -0.454 e. The second-order valence-corrected chi connectivity index (χ2v) is 7.06. The van der Waals surface area contributed by atoms with Crippen LogP contribution in [-0.4, -0.2) is 41.2 Å². The van der Waals surface area contributed by atoms with Gasteiger partial charge in [0.25, 0.3) is 5.91 Å². The van der Waals surface area contributed by atoms with Crippen LogP contribution < -0.4 is 5.32 Å². The minimum absolute atomic E-state index is 0.318. The Balaban J connectivity index is 1.54. The normalized spacial score (nSPS) is 22.2. The summed E-state index contributed by atoms with van der Waals surface area (Å²) in [5, 5.41) is 11.3. The lowest BCUT2D eigenvalue weighted by Crippen LogP contribution is -2.45. The standard InChI is InChI=1S/C20H21N3O5/c1-12(23-18(25)15-4-2-3-5-16(15)19(23)26)20(27)28-11-17(24)22-14-8-6-13(10-21)7-9-14/h6-9,12,15-16H,2-5,11H2,1H3,(H,22,24)/t12-,15-,16-/m0/s1. The molecule has 0 unspecified atom stereocenters. The van der Waals surface area contributed by atoms with Crippen molar-refractivity contribution in [1.82, 2.24) is 4.90 Å². The van der Waals surface area contributed by atoms with Crippen molar-refractivity contribution in [2.45, 2.75) is 38.6 Å². The molecule has 3 rings (SSSR count). The molecule has 1 saturated heterocycles. The van der Waals surface area contributed by atoms with Gasteiger partial charge in [-0.3, -0.25) is 19.3 Å². The van der Waals surface area contributed by atoms with E-state index in [1.54, 1.807) is 24.3 Å². The molecule has 0 spiro atoms. The Hall–Kier alpha value is -3.21. The fourth-order valence-corrected chi connectivity index (χ4v) is 3.76. The molecule has 0 aromatic heterocycles. The summed E-state index contributed by atoms with van der Waals surface area (Å²) in [5.41, 5.74) is 0.917. The zero-order valence-electron chi connectivity index (χ0n) is 15.5. The van der Waals surface area contributed by atoms with Crippen LogP contribution in [-0.2, 0) is 23.9 Å². The van der Waals surface area contributed by atoms with Crippen molar-refractivity contribution in [3.05, 3.63) is 29.8 Å². The van der Waals surface area contributed by atoms with Crippen LogP contribution in [0.4, 0.5) is 5.69 Å². The first-order valence-electron chi connectivity index (χ1n) is 9.26. The molecule has 146 valence electrons. The average molecular weight is 383 g/mol. The van der Waals surface area contributed by atoms with E-state index in [1.165, 1.54) is 6.92 Å². The number of hydrogen-bond donors (Lipinski definition) is 1. The van der Waals surface area contributed by atoms with E-state index in [0.29, 0.717) is 24.1 Å². The van der Waals surface area contributed by atoms with Crippen LogP contribution in [0, 0.1) is 23.2 Å². The highest BCUT2D eigenvalue weighted by atomic mass is 16.5. The van der Waals surface area contributed by atoms with Crippen molar-refractivity contribution in [2.75, 3.05) is 11.9 Å². The Bertz CT molecular complexity index is 818. The Morgan fingerprint density at radius 1 is 1.18 bits per heavy atom. The maximum absolute atomic E-state index is 12.5. The Kier molecular flexibility index (Phi) is 5.73. The molecule has 3 atom stereocenters. The monoisotopic (exact) mass is 383 g/mol. The number of imide groups is 1. The molecular weight excluding hydrogens is 362 g/mol. The molecule has 8 nitrogen and oxygen atoms in total. The number of anilines is 1. The molecule has 3 amide bonds. The number of nitriles is 1. The lowest BCUT2D eigenvalue weighted by atomic mass is 9.81. The van der Waals surface area contributed by atoms with Gasteiger partial charge >= 0.3 is 5.97 Å². The second kappa shape index (κ2) is 8.21. The highest BCUT2D eigenvalue weighted by Crippen LogP contribution is 2.38. The maximum atomic E-state index is 12.5. The number of nitrogens with zero attached hydrogens (tertiary/aromatic N) is 2. The van der Waals surface area contributed by atoms with Crippen LogP contribution in [0.1, 0.15) is 38.2 Å². The average Bonchev–Trinajstić information content (AvgIpc) is 2.97. The zero-order chi connectivity index (χ0) is 20.3. The summed E-state index contributed by atoms with van der Waals surface area (Å²) in [6.45, 7) is 0.903. The van der Waals surface area contributed by atoms with E-state index in [9.17, 15) is 19.2 Å². The van der Waals surface area contributed by atoms with Crippen molar-refractivity contribution in [3.63, 3.8) is 0 Å². The number of esters is 1. The number of likely N-dealkylation sites (tertiary alicyclic amines) is 1. The van der Waals surface area contributed by atoms with E-state index in [2.05, 4.69) is 5.32 Å². The summed E-state index contributed by atoms with van der Waals surface area (Å²) in [6.07, 6.45) is 3.14. The minimum atomic E-state index is -1.06. The highest BCUT2D eigenvalue weighted by Gasteiger charge is 2.51. The number of carbonyl (C=O) groups is 4. The summed E-state index contributed by atoms with van der Waals surface area (Å²) in [7, 11) is 0. The lowest BCUT2D eigenvalue weighted by Gasteiger charge is -2.21. The van der Waals surface area contributed by atoms with Crippen LogP contribution in [0.15, 0.2) is 24.3 Å². The molecule has 1 aromatic rings. The number of benzene rings is 1. The molecule has 28 heavy (non-hydrogen) atoms. The fourth-order valence-electron chi connectivity index (χ4n) is 3.76. The topological polar surface area (TPSA) is 117 Å². The molecule has 8 heteroatoms. The largest absolute Gasteiger partial charge is 0.454 e. The van der Waals surface area contributed by atoms with Gasteiger partial charge in [0, 0.05) is 5.69 Å². The smallest absolute Gasteiger partial charge is 0.329 e. The first kappa shape index (κ1) is 19.5. The first-order valence-corrected chi connectivity index (χ1v) is 9.26. The molecule has 1 aromatic carbocycles. The Labute approximate surface area is 162 Å². The predicted octanol–water partition coefficient (Wildman–Crippen LogP) is 1.60. The van der Waals surface area contributed by atoms with E-state index < -0.39 is 24.5 Å². The predicted molar refractivity (Wildman–Crippen MR) is 97.5 cm³/mol. The van der Waals surface area contributed by atoms with Gasteiger partial charge in [-0.15, -0.1) is 0 Å². The second-order valence-electron chi connectivity index (χ2n) is 7.06. The number of amides is 3. The van der Waals surface area contributed by atoms with Gasteiger partial charge in [0.05, 0.1) is 23.5 Å². The van der Waals surface area contributed by atoms with Crippen LogP contribution in [0.3, 0.4) is 0 Å². The van der Waals surface area contributed by atoms with E-state index in [4.69, 9.17) is 10.00 Å². The number of hydrogen-bond acceptors (Lipinski definition) is 6. The van der Waals surface area contributed by atoms with Gasteiger partial charge in [-0.05, 0) is 44.0 Å². The van der Waals surface area contributed by atoms with Gasteiger partial charge in [0.15, 0.2) is 6.61 Å². The quantitative estimate of drug-likeness (QED) is 0.610. The van der Waals surface area contributed by atoms with E-state index >= 15 is 0 Å². The van der Waals surface area contributed by atoms with Gasteiger partial charge in [0.2, 0.25) is 11.8 Å². The summed E-state index contributed by atoms with van der Waals surface area (Å²) < 4.78 is 5.00. The maximum Gasteiger partial charge on any atom is 0.329 e. The zero-order valence-corrected chi connectivity index (χ0v) is 15.5. The molecule has 2 aliphatic rings. The van der Waals surface area contributed by atoms with Crippen molar-refractivity contribution >= 4 is 29.4 Å². The van der Waals surface area contributed by atoms with Crippen molar-refractivity contribution in [3.8, 4) is 6.07 Å². The number of fused-ring (bicyclic) bond motifs is 1. The third-order valence-corrected chi connectivity index (χ3v) is 5.25. The van der Waals surface area contributed by atoms with Gasteiger partial charge in [-0.25, -0.2) is 4.79 Å². The molecule has 0 bridgehead atoms. The third kappa shape index (κ3) is 3.88. The number of rotatable bonds is 5. The molecule has 0 radical (unpaired) electrons. The molecule has 1 aliphatic heterocycles. The molecule has 2 fully saturated rings. The molecule has 1 heterocycles. The summed E-state index contributed by atoms with van der Waals surface area (Å²) in [5.74, 6) is -2.66. The van der Waals surface area contributed by atoms with Gasteiger partial charge in [-0.2, -0.15) is 5.26 Å². The van der Waals surface area contributed by atoms with Crippen molar-refractivity contribution < 1.29 is 23.9 Å². The van der Waals surface area contributed by atoms with E-state index in [1.807, 2.05) is 6.07 Å². The van der Waals surface area contributed by atoms with Gasteiger partial charge in [-0.1, -0.05) is 12.8 Å². The summed E-state index contributed by atoms with van der Waals surface area (Å²) in [6, 6.07) is 7.13. The van der Waals surface area contributed by atoms with Crippen LogP contribution >= 0.6 is 0 Å². The first-order chi connectivity index (χ1) is 13.4. The molecular formula is C20H21N3O5. The Morgan fingerprint density at radius 3 is 2.29 bits per heavy atom. The number of ether oxygens (including phenoxy) is 1. The Morgan fingerprint density at radius 2 is 1.75 bits per heavy atom. The number of carbonyl (C=O) groups excluding carboxylic acids is 4. The molecule has 1 aliphatic carbocycles. The van der Waals surface area contributed by atoms with Crippen molar-refractivity contribution in [1.29, 1.82) is 5.26 Å². The van der Waals surface area contributed by atoms with Crippen LogP contribution in [0.25, 0.3) is 0 Å². The summed E-state index contributed by atoms with van der Waals surface area (Å²) >= 11 is 0. The van der Waals surface area contributed by atoms with Crippen LogP contribution in [0.2, 0.25) is 0 Å². The lowest BCUT2D eigenvalue weighted by molar-refractivity contribution is -0.159.